The minimum Gasteiger partial charge on any atom is -0.324 e. The molecule has 2 rings (SSSR count). The van der Waals surface area contributed by atoms with Crippen LogP contribution in [0.1, 0.15) is 55.8 Å². The van der Waals surface area contributed by atoms with Gasteiger partial charge in [0.15, 0.2) is 5.78 Å². The van der Waals surface area contributed by atoms with Gasteiger partial charge in [-0.2, -0.15) is 0 Å². The van der Waals surface area contributed by atoms with Crippen molar-refractivity contribution in [2.45, 2.75) is 51.5 Å². The number of Topliss-reactive ketones (excluding diaryl/α,β-unsaturated/α-hetero) is 1. The highest BCUT2D eigenvalue weighted by Gasteiger charge is 2.19. The number of anilines is 1. The molecule has 1 amide bonds. The van der Waals surface area contributed by atoms with E-state index in [9.17, 15) is 9.59 Å². The van der Waals surface area contributed by atoms with Crippen LogP contribution in [0, 0.1) is 0 Å². The predicted molar refractivity (Wildman–Crippen MR) is 89.2 cm³/mol. The van der Waals surface area contributed by atoms with E-state index < -0.39 is 0 Å². The van der Waals surface area contributed by atoms with Crippen LogP contribution in [-0.4, -0.2) is 36.2 Å². The number of hydrogen-bond donors (Lipinski definition) is 1. The molecule has 0 spiro atoms. The van der Waals surface area contributed by atoms with Gasteiger partial charge in [0, 0.05) is 11.6 Å². The zero-order valence-electron chi connectivity index (χ0n) is 13.6. The minimum absolute atomic E-state index is 0.0342. The number of nitrogens with zero attached hydrogens (tertiary/aromatic N) is 1. The fourth-order valence-electron chi connectivity index (χ4n) is 3.14. The van der Waals surface area contributed by atoms with Crippen molar-refractivity contribution in [3.63, 3.8) is 0 Å². The van der Waals surface area contributed by atoms with Crippen molar-refractivity contribution in [3.8, 4) is 0 Å². The molecule has 0 heterocycles. The van der Waals surface area contributed by atoms with E-state index in [2.05, 4.69) is 10.2 Å². The Morgan fingerprint density at radius 3 is 2.41 bits per heavy atom. The van der Waals surface area contributed by atoms with Crippen LogP contribution in [0.5, 0.6) is 0 Å². The van der Waals surface area contributed by atoms with Gasteiger partial charge in [0.2, 0.25) is 5.91 Å². The molecule has 1 saturated carbocycles. The zero-order chi connectivity index (χ0) is 15.9. The number of hydrogen-bond acceptors (Lipinski definition) is 3. The molecule has 0 aromatic heterocycles. The normalized spacial score (nSPS) is 16.3. The zero-order valence-corrected chi connectivity index (χ0v) is 13.6. The molecule has 1 N–H and O–H groups in total. The largest absolute Gasteiger partial charge is 0.324 e. The summed E-state index contributed by atoms with van der Waals surface area (Å²) in [5, 5.41) is 2.88. The third kappa shape index (κ3) is 4.67. The van der Waals surface area contributed by atoms with E-state index >= 15 is 0 Å². The second-order valence-corrected chi connectivity index (χ2v) is 6.21. The van der Waals surface area contributed by atoms with Crippen molar-refractivity contribution in [2.24, 2.45) is 0 Å². The number of carbonyl (C=O) groups is 2. The Balaban J connectivity index is 1.93. The van der Waals surface area contributed by atoms with E-state index in [1.165, 1.54) is 45.4 Å². The molecule has 0 saturated heterocycles. The van der Waals surface area contributed by atoms with Gasteiger partial charge in [-0.3, -0.25) is 14.5 Å². The van der Waals surface area contributed by atoms with E-state index in [1.54, 1.807) is 12.1 Å². The average Bonchev–Trinajstić information content (AvgIpc) is 2.76. The maximum absolute atomic E-state index is 12.3. The smallest absolute Gasteiger partial charge is 0.238 e. The number of para-hydroxylation sites is 1. The molecule has 0 aliphatic heterocycles. The second kappa shape index (κ2) is 8.08. The molecular weight excluding hydrogens is 276 g/mol. The van der Waals surface area contributed by atoms with Crippen molar-refractivity contribution in [1.29, 1.82) is 0 Å². The van der Waals surface area contributed by atoms with Crippen molar-refractivity contribution < 1.29 is 9.59 Å². The Labute approximate surface area is 132 Å². The SMILES string of the molecule is CC(=O)c1ccccc1NC(=O)CN(C)C1CCCCCC1. The monoisotopic (exact) mass is 302 g/mol. The third-order valence-electron chi connectivity index (χ3n) is 4.42. The first-order valence-electron chi connectivity index (χ1n) is 8.18. The first-order valence-corrected chi connectivity index (χ1v) is 8.18. The van der Waals surface area contributed by atoms with Gasteiger partial charge in [0.1, 0.15) is 0 Å². The summed E-state index contributed by atoms with van der Waals surface area (Å²) in [6, 6.07) is 7.66. The number of nitrogens with one attached hydrogen (secondary N) is 1. The molecule has 1 aromatic carbocycles. The summed E-state index contributed by atoms with van der Waals surface area (Å²) in [5.74, 6) is -0.0894. The molecule has 0 radical (unpaired) electrons. The van der Waals surface area contributed by atoms with Crippen LogP contribution in [0.3, 0.4) is 0 Å². The third-order valence-corrected chi connectivity index (χ3v) is 4.42. The molecular formula is C18H26N2O2. The summed E-state index contributed by atoms with van der Waals surface area (Å²) < 4.78 is 0. The Bertz CT molecular complexity index is 520. The Hall–Kier alpha value is -1.68. The van der Waals surface area contributed by atoms with Crippen LogP contribution < -0.4 is 5.32 Å². The van der Waals surface area contributed by atoms with Crippen molar-refractivity contribution >= 4 is 17.4 Å². The first-order chi connectivity index (χ1) is 10.6. The quantitative estimate of drug-likeness (QED) is 0.669. The fourth-order valence-corrected chi connectivity index (χ4v) is 3.14. The number of likely N-dealkylation sites (N-methyl/N-ethyl adjacent to an activating group) is 1. The lowest BCUT2D eigenvalue weighted by Gasteiger charge is -2.26. The maximum atomic E-state index is 12.3. The second-order valence-electron chi connectivity index (χ2n) is 6.21. The minimum atomic E-state index is -0.0551. The van der Waals surface area contributed by atoms with Gasteiger partial charge in [-0.25, -0.2) is 0 Å². The van der Waals surface area contributed by atoms with Crippen molar-refractivity contribution in [2.75, 3.05) is 18.9 Å². The lowest BCUT2D eigenvalue weighted by atomic mass is 10.1. The number of benzene rings is 1. The van der Waals surface area contributed by atoms with Crippen LogP contribution >= 0.6 is 0 Å². The summed E-state index contributed by atoms with van der Waals surface area (Å²) >= 11 is 0. The maximum Gasteiger partial charge on any atom is 0.238 e. The van der Waals surface area contributed by atoms with Gasteiger partial charge < -0.3 is 5.32 Å². The highest BCUT2D eigenvalue weighted by molar-refractivity contribution is 6.04. The molecule has 0 atom stereocenters. The topological polar surface area (TPSA) is 49.4 Å². The molecule has 120 valence electrons. The fraction of sp³-hybridized carbons (Fsp3) is 0.556. The van der Waals surface area contributed by atoms with Crippen molar-refractivity contribution in [3.05, 3.63) is 29.8 Å². The standard InChI is InChI=1S/C18H26N2O2/c1-14(21)16-11-7-8-12-17(16)19-18(22)13-20(2)15-9-5-3-4-6-10-15/h7-8,11-12,15H,3-6,9-10,13H2,1-2H3,(H,19,22). The van der Waals surface area contributed by atoms with Crippen LogP contribution in [0.2, 0.25) is 0 Å². The predicted octanol–water partition coefficient (Wildman–Crippen LogP) is 3.48. The summed E-state index contributed by atoms with van der Waals surface area (Å²) in [6.45, 7) is 1.89. The van der Waals surface area contributed by atoms with Gasteiger partial charge in [0.25, 0.3) is 0 Å². The van der Waals surface area contributed by atoms with E-state index in [4.69, 9.17) is 0 Å². The summed E-state index contributed by atoms with van der Waals surface area (Å²) in [7, 11) is 2.02. The molecule has 1 fully saturated rings. The highest BCUT2D eigenvalue weighted by atomic mass is 16.2. The van der Waals surface area contributed by atoms with Gasteiger partial charge in [-0.05, 0) is 38.9 Å². The lowest BCUT2D eigenvalue weighted by molar-refractivity contribution is -0.117. The average molecular weight is 302 g/mol. The van der Waals surface area contributed by atoms with Gasteiger partial charge in [-0.1, -0.05) is 37.8 Å². The van der Waals surface area contributed by atoms with Gasteiger partial charge in [-0.15, -0.1) is 0 Å². The molecule has 0 unspecified atom stereocenters. The molecule has 1 aromatic rings. The summed E-state index contributed by atoms with van der Waals surface area (Å²) in [5.41, 5.74) is 1.17. The molecule has 1 aliphatic carbocycles. The highest BCUT2D eigenvalue weighted by Crippen LogP contribution is 2.21. The first kappa shape index (κ1) is 16.7. The van der Waals surface area contributed by atoms with E-state index in [1.807, 2.05) is 19.2 Å². The molecule has 22 heavy (non-hydrogen) atoms. The number of ketones is 1. The van der Waals surface area contributed by atoms with E-state index in [-0.39, 0.29) is 11.7 Å². The molecule has 4 nitrogen and oxygen atoms in total. The Morgan fingerprint density at radius 2 is 1.77 bits per heavy atom. The Kier molecular flexibility index (Phi) is 6.13. The van der Waals surface area contributed by atoms with Crippen LogP contribution in [0.25, 0.3) is 0 Å². The van der Waals surface area contributed by atoms with Gasteiger partial charge in [0.05, 0.1) is 12.2 Å². The van der Waals surface area contributed by atoms with Crippen molar-refractivity contribution in [1.82, 2.24) is 4.90 Å². The number of rotatable bonds is 5. The van der Waals surface area contributed by atoms with E-state index in [0.29, 0.717) is 23.8 Å². The number of carbonyl (C=O) groups excluding carboxylic acids is 2. The van der Waals surface area contributed by atoms with Gasteiger partial charge >= 0.3 is 0 Å². The Morgan fingerprint density at radius 1 is 1.14 bits per heavy atom. The molecule has 0 bridgehead atoms. The van der Waals surface area contributed by atoms with Crippen LogP contribution in [0.4, 0.5) is 5.69 Å². The van der Waals surface area contributed by atoms with Crippen LogP contribution in [-0.2, 0) is 4.79 Å². The van der Waals surface area contributed by atoms with Crippen LogP contribution in [0.15, 0.2) is 24.3 Å². The molecule has 1 aliphatic rings. The summed E-state index contributed by atoms with van der Waals surface area (Å²) in [6.07, 6.45) is 7.47. The van der Waals surface area contributed by atoms with E-state index in [0.717, 1.165) is 0 Å². The molecule has 4 heteroatoms. The lowest BCUT2D eigenvalue weighted by Crippen LogP contribution is -2.37. The summed E-state index contributed by atoms with van der Waals surface area (Å²) in [4.78, 5) is 26.0. The number of amides is 1.